The zero-order valence-corrected chi connectivity index (χ0v) is 15.1. The highest BCUT2D eigenvalue weighted by atomic mass is 35.5. The van der Waals surface area contributed by atoms with Crippen molar-refractivity contribution in [1.29, 1.82) is 0 Å². The molecule has 7 nitrogen and oxygen atoms in total. The minimum Gasteiger partial charge on any atom is -0.491 e. The molecular formula is C17H25ClN2O5. The normalized spacial score (nSPS) is 16.9. The van der Waals surface area contributed by atoms with Crippen LogP contribution in [0.2, 0.25) is 0 Å². The van der Waals surface area contributed by atoms with Crippen LogP contribution in [0.25, 0.3) is 0 Å². The van der Waals surface area contributed by atoms with Crippen molar-refractivity contribution in [2.45, 2.75) is 25.4 Å². The van der Waals surface area contributed by atoms with E-state index in [2.05, 4.69) is 5.32 Å². The summed E-state index contributed by atoms with van der Waals surface area (Å²) in [6.07, 6.45) is 1.41. The number of halogens is 1. The molecule has 0 spiro atoms. The van der Waals surface area contributed by atoms with E-state index in [1.807, 2.05) is 24.3 Å². The third-order valence-corrected chi connectivity index (χ3v) is 3.94. The molecule has 1 amide bonds. The molecule has 1 aromatic carbocycles. The molecule has 1 heterocycles. The predicted molar refractivity (Wildman–Crippen MR) is 95.1 cm³/mol. The molecule has 2 rings (SSSR count). The predicted octanol–water partition coefficient (Wildman–Crippen LogP) is 1.30. The summed E-state index contributed by atoms with van der Waals surface area (Å²) < 4.78 is 10.5. The van der Waals surface area contributed by atoms with Gasteiger partial charge in [-0.3, -0.25) is 14.5 Å². The Morgan fingerprint density at radius 1 is 1.36 bits per heavy atom. The van der Waals surface area contributed by atoms with Gasteiger partial charge in [0.05, 0.1) is 13.2 Å². The van der Waals surface area contributed by atoms with Crippen molar-refractivity contribution >= 4 is 24.3 Å². The van der Waals surface area contributed by atoms with Gasteiger partial charge in [0.15, 0.2) is 0 Å². The fourth-order valence-electron chi connectivity index (χ4n) is 2.72. The van der Waals surface area contributed by atoms with Gasteiger partial charge in [-0.05, 0) is 37.1 Å². The van der Waals surface area contributed by atoms with Crippen molar-refractivity contribution in [3.05, 3.63) is 29.8 Å². The third kappa shape index (κ3) is 6.89. The number of ether oxygens (including phenoxy) is 2. The first kappa shape index (κ1) is 21.2. The van der Waals surface area contributed by atoms with Crippen molar-refractivity contribution < 1.29 is 24.2 Å². The Balaban J connectivity index is 0.00000312. The molecule has 140 valence electrons. The van der Waals surface area contributed by atoms with Crippen LogP contribution in [-0.2, 0) is 20.9 Å². The maximum atomic E-state index is 12.0. The van der Waals surface area contributed by atoms with Crippen molar-refractivity contribution in [3.8, 4) is 5.75 Å². The maximum Gasteiger partial charge on any atom is 0.320 e. The van der Waals surface area contributed by atoms with Gasteiger partial charge in [-0.1, -0.05) is 12.1 Å². The molecule has 1 aliphatic rings. The Kier molecular flexibility index (Phi) is 9.26. The molecule has 1 aliphatic heterocycles. The van der Waals surface area contributed by atoms with E-state index in [0.29, 0.717) is 32.7 Å². The lowest BCUT2D eigenvalue weighted by Crippen LogP contribution is -2.42. The summed E-state index contributed by atoms with van der Waals surface area (Å²) in [4.78, 5) is 24.9. The topological polar surface area (TPSA) is 88.1 Å². The fraction of sp³-hybridized carbons (Fsp3) is 0.529. The summed E-state index contributed by atoms with van der Waals surface area (Å²) in [5, 5.41) is 12.0. The molecule has 0 radical (unpaired) electrons. The molecule has 0 saturated carbocycles. The third-order valence-electron chi connectivity index (χ3n) is 3.94. The number of nitrogens with one attached hydrogen (secondary N) is 1. The molecule has 1 atom stereocenters. The SMILES string of the molecule is COCCOc1cccc(CNC(=O)CN2CCCC2C(=O)O)c1.Cl. The second kappa shape index (κ2) is 10.9. The second-order valence-corrected chi connectivity index (χ2v) is 5.73. The van der Waals surface area contributed by atoms with Crippen LogP contribution in [0.5, 0.6) is 5.75 Å². The Bertz CT molecular complexity index is 570. The first-order valence-electron chi connectivity index (χ1n) is 8.04. The molecule has 0 aliphatic carbocycles. The van der Waals surface area contributed by atoms with E-state index < -0.39 is 12.0 Å². The largest absolute Gasteiger partial charge is 0.491 e. The molecular weight excluding hydrogens is 348 g/mol. The number of carboxylic acid groups (broad SMARTS) is 1. The van der Waals surface area contributed by atoms with Gasteiger partial charge in [-0.2, -0.15) is 0 Å². The number of benzene rings is 1. The van der Waals surface area contributed by atoms with Crippen LogP contribution in [0.3, 0.4) is 0 Å². The van der Waals surface area contributed by atoms with Crippen molar-refractivity contribution in [3.63, 3.8) is 0 Å². The van der Waals surface area contributed by atoms with E-state index in [9.17, 15) is 9.59 Å². The number of rotatable bonds is 9. The van der Waals surface area contributed by atoms with E-state index in [1.165, 1.54) is 0 Å². The molecule has 1 unspecified atom stereocenters. The van der Waals surface area contributed by atoms with Gasteiger partial charge in [0.2, 0.25) is 5.91 Å². The van der Waals surface area contributed by atoms with Crippen LogP contribution >= 0.6 is 12.4 Å². The Hall–Kier alpha value is -1.83. The summed E-state index contributed by atoms with van der Waals surface area (Å²) in [7, 11) is 1.62. The number of carboxylic acids is 1. The fourth-order valence-corrected chi connectivity index (χ4v) is 2.72. The van der Waals surface area contributed by atoms with Gasteiger partial charge < -0.3 is 19.9 Å². The average molecular weight is 373 g/mol. The minimum absolute atomic E-state index is 0. The highest BCUT2D eigenvalue weighted by Gasteiger charge is 2.31. The zero-order chi connectivity index (χ0) is 17.4. The number of likely N-dealkylation sites (tertiary alicyclic amines) is 1. The Morgan fingerprint density at radius 3 is 2.88 bits per heavy atom. The number of nitrogens with zero attached hydrogens (tertiary/aromatic N) is 1. The van der Waals surface area contributed by atoms with Gasteiger partial charge in [0.1, 0.15) is 18.4 Å². The summed E-state index contributed by atoms with van der Waals surface area (Å²) in [6.45, 7) is 2.12. The summed E-state index contributed by atoms with van der Waals surface area (Å²) >= 11 is 0. The van der Waals surface area contributed by atoms with Crippen LogP contribution < -0.4 is 10.1 Å². The van der Waals surface area contributed by atoms with Crippen molar-refractivity contribution in [1.82, 2.24) is 10.2 Å². The number of aliphatic carboxylic acids is 1. The monoisotopic (exact) mass is 372 g/mol. The van der Waals surface area contributed by atoms with Gasteiger partial charge in [-0.25, -0.2) is 0 Å². The van der Waals surface area contributed by atoms with Crippen LogP contribution in [-0.4, -0.2) is 61.3 Å². The van der Waals surface area contributed by atoms with E-state index in [1.54, 1.807) is 12.0 Å². The van der Waals surface area contributed by atoms with E-state index in [0.717, 1.165) is 17.7 Å². The van der Waals surface area contributed by atoms with Gasteiger partial charge in [0, 0.05) is 13.7 Å². The molecule has 1 saturated heterocycles. The number of hydrogen-bond donors (Lipinski definition) is 2. The molecule has 25 heavy (non-hydrogen) atoms. The van der Waals surface area contributed by atoms with Crippen molar-refractivity contribution in [2.75, 3.05) is 33.4 Å². The van der Waals surface area contributed by atoms with Crippen LogP contribution in [0.1, 0.15) is 18.4 Å². The zero-order valence-electron chi connectivity index (χ0n) is 14.3. The molecule has 1 aromatic rings. The maximum absolute atomic E-state index is 12.0. The molecule has 2 N–H and O–H groups in total. The van der Waals surface area contributed by atoms with Crippen LogP contribution in [0, 0.1) is 0 Å². The Morgan fingerprint density at radius 2 is 2.16 bits per heavy atom. The lowest BCUT2D eigenvalue weighted by molar-refractivity contribution is -0.142. The minimum atomic E-state index is -0.860. The number of carbonyl (C=O) groups excluding carboxylic acids is 1. The molecule has 0 aromatic heterocycles. The lowest BCUT2D eigenvalue weighted by atomic mass is 10.2. The van der Waals surface area contributed by atoms with Crippen LogP contribution in [0.15, 0.2) is 24.3 Å². The van der Waals surface area contributed by atoms with Gasteiger partial charge in [-0.15, -0.1) is 12.4 Å². The average Bonchev–Trinajstić information content (AvgIpc) is 3.02. The molecule has 8 heteroatoms. The summed E-state index contributed by atoms with van der Waals surface area (Å²) in [5.74, 6) is -0.306. The number of carbonyl (C=O) groups is 2. The second-order valence-electron chi connectivity index (χ2n) is 5.73. The first-order valence-corrected chi connectivity index (χ1v) is 8.04. The number of amides is 1. The summed E-state index contributed by atoms with van der Waals surface area (Å²) in [5.41, 5.74) is 0.925. The van der Waals surface area contributed by atoms with E-state index in [-0.39, 0.29) is 24.9 Å². The number of methoxy groups -OCH3 is 1. The molecule has 0 bridgehead atoms. The lowest BCUT2D eigenvalue weighted by Gasteiger charge is -2.20. The molecule has 1 fully saturated rings. The number of hydrogen-bond acceptors (Lipinski definition) is 5. The van der Waals surface area contributed by atoms with Crippen molar-refractivity contribution in [2.24, 2.45) is 0 Å². The quantitative estimate of drug-likeness (QED) is 0.635. The highest BCUT2D eigenvalue weighted by molar-refractivity contribution is 5.85. The van der Waals surface area contributed by atoms with Gasteiger partial charge in [0.25, 0.3) is 0 Å². The smallest absolute Gasteiger partial charge is 0.320 e. The van der Waals surface area contributed by atoms with Gasteiger partial charge >= 0.3 is 5.97 Å². The van der Waals surface area contributed by atoms with E-state index >= 15 is 0 Å². The standard InChI is InChI=1S/C17H24N2O5.ClH/c1-23-8-9-24-14-5-2-4-13(10-14)11-18-16(20)12-19-7-3-6-15(19)17(21)22;/h2,4-5,10,15H,3,6-9,11-12H2,1H3,(H,18,20)(H,21,22);1H. The summed E-state index contributed by atoms with van der Waals surface area (Å²) in [6, 6.07) is 6.94. The van der Waals surface area contributed by atoms with Crippen LogP contribution in [0.4, 0.5) is 0 Å². The first-order chi connectivity index (χ1) is 11.6. The van der Waals surface area contributed by atoms with E-state index in [4.69, 9.17) is 14.6 Å². The highest BCUT2D eigenvalue weighted by Crippen LogP contribution is 2.17. The Labute approximate surface area is 153 Å².